The topological polar surface area (TPSA) is 55.1 Å². The first-order chi connectivity index (χ1) is 22.8. The van der Waals surface area contributed by atoms with Gasteiger partial charge >= 0.3 is 0 Å². The van der Waals surface area contributed by atoms with Gasteiger partial charge in [0.15, 0.2) is 0 Å². The Kier molecular flexibility index (Phi) is 6.32. The molecule has 1 N–H and O–H groups in total. The van der Waals surface area contributed by atoms with Crippen molar-refractivity contribution in [3.63, 3.8) is 0 Å². The molecule has 0 aliphatic carbocycles. The van der Waals surface area contributed by atoms with Crippen LogP contribution in [0.5, 0.6) is 0 Å². The highest BCUT2D eigenvalue weighted by atomic mass is 32.1. The minimum absolute atomic E-state index is 0.225. The first kappa shape index (κ1) is 26.5. The summed E-state index contributed by atoms with van der Waals surface area (Å²) in [6, 6.07) is 43.1. The zero-order valence-corrected chi connectivity index (χ0v) is 25.5. The Balaban J connectivity index is 1.16. The average Bonchev–Trinajstić information content (AvgIpc) is 3.72. The number of nitrogens with one attached hydrogen (secondary N) is 1. The van der Waals surface area contributed by atoms with Crippen LogP contribution in [0.25, 0.3) is 53.7 Å². The molecule has 6 heteroatoms. The third-order valence-corrected chi connectivity index (χ3v) is 9.87. The predicted molar refractivity (Wildman–Crippen MR) is 190 cm³/mol. The van der Waals surface area contributed by atoms with Crippen molar-refractivity contribution in [2.75, 3.05) is 0 Å². The maximum atomic E-state index is 5.13. The normalized spacial score (nSPS) is 14.7. The Bertz CT molecular complexity index is 2420. The molecule has 218 valence electrons. The molecule has 0 bridgehead atoms. The van der Waals surface area contributed by atoms with E-state index in [0.717, 1.165) is 33.8 Å². The molecule has 5 heterocycles. The van der Waals surface area contributed by atoms with Gasteiger partial charge in [0.2, 0.25) is 0 Å². The summed E-state index contributed by atoms with van der Waals surface area (Å²) in [5.41, 5.74) is 9.90. The molecule has 0 radical (unpaired) electrons. The van der Waals surface area contributed by atoms with Crippen molar-refractivity contribution in [3.8, 4) is 16.1 Å². The fourth-order valence-corrected chi connectivity index (χ4v) is 7.67. The molecule has 1 atom stereocenters. The summed E-state index contributed by atoms with van der Waals surface area (Å²) >= 11 is 1.87. The molecule has 1 aliphatic heterocycles. The molecule has 46 heavy (non-hydrogen) atoms. The number of benzene rings is 4. The maximum Gasteiger partial charge on any atom is 0.145 e. The number of para-hydroxylation sites is 1. The molecule has 0 saturated heterocycles. The van der Waals surface area contributed by atoms with E-state index in [9.17, 15) is 0 Å². The van der Waals surface area contributed by atoms with Gasteiger partial charge in [-0.1, -0.05) is 66.7 Å². The van der Waals surface area contributed by atoms with Crippen molar-refractivity contribution in [3.05, 3.63) is 169 Å². The van der Waals surface area contributed by atoms with Gasteiger partial charge in [0, 0.05) is 62.1 Å². The van der Waals surface area contributed by atoms with Crippen LogP contribution in [-0.2, 0) is 0 Å². The molecular formula is C40H27N5S. The molecule has 5 nitrogen and oxygen atoms in total. The lowest BCUT2D eigenvalue weighted by Gasteiger charge is -2.24. The van der Waals surface area contributed by atoms with Crippen LogP contribution >= 0.6 is 11.3 Å². The Labute approximate surface area is 269 Å². The van der Waals surface area contributed by atoms with Crippen LogP contribution in [0.4, 0.5) is 0 Å². The van der Waals surface area contributed by atoms with E-state index in [1.807, 2.05) is 60.4 Å². The number of allylic oxidation sites excluding steroid dienone is 1. The van der Waals surface area contributed by atoms with Gasteiger partial charge < -0.3 is 9.88 Å². The summed E-state index contributed by atoms with van der Waals surface area (Å²) in [7, 11) is 0. The molecular weight excluding hydrogens is 583 g/mol. The van der Waals surface area contributed by atoms with Crippen molar-refractivity contribution in [2.45, 2.75) is 6.17 Å². The van der Waals surface area contributed by atoms with Gasteiger partial charge in [0.25, 0.3) is 0 Å². The number of aromatic nitrogens is 3. The van der Waals surface area contributed by atoms with Crippen LogP contribution in [-0.4, -0.2) is 20.2 Å². The van der Waals surface area contributed by atoms with Crippen LogP contribution in [0, 0.1) is 0 Å². The molecule has 4 aromatic heterocycles. The van der Waals surface area contributed by atoms with Crippen molar-refractivity contribution in [2.24, 2.45) is 4.99 Å². The van der Waals surface area contributed by atoms with Crippen LogP contribution in [0.3, 0.4) is 0 Å². The second-order valence-electron chi connectivity index (χ2n) is 11.4. The maximum absolute atomic E-state index is 5.13. The Morgan fingerprint density at radius 2 is 1.37 bits per heavy atom. The molecule has 0 amide bonds. The summed E-state index contributed by atoms with van der Waals surface area (Å²) < 4.78 is 3.71. The van der Waals surface area contributed by atoms with Crippen molar-refractivity contribution >= 4 is 54.6 Å². The van der Waals surface area contributed by atoms with Gasteiger partial charge in [-0.25, -0.2) is 0 Å². The Hall–Kier alpha value is -5.85. The lowest BCUT2D eigenvalue weighted by molar-refractivity contribution is 0.663. The lowest BCUT2D eigenvalue weighted by Crippen LogP contribution is -2.24. The standard InChI is InChI=1S/C40H27N5S/c1-2-6-28(7-3-1)37-24-30-12-15-36-38(39(30)46-37)32-8-4-5-9-35(32)45(36)31-13-10-26(11-14-31)33-25-34(27-16-20-41-21-17-27)44-40(43-33)29-18-22-42-23-19-29/h1-25,40,44H. The number of thiophene rings is 1. The zero-order valence-electron chi connectivity index (χ0n) is 24.7. The number of hydrogen-bond donors (Lipinski definition) is 1. The highest BCUT2D eigenvalue weighted by molar-refractivity contribution is 7.23. The molecule has 0 spiro atoms. The second kappa shape index (κ2) is 10.9. The van der Waals surface area contributed by atoms with Crippen LogP contribution in [0.1, 0.15) is 22.9 Å². The minimum atomic E-state index is -0.225. The number of hydrogen-bond acceptors (Lipinski definition) is 5. The number of fused-ring (bicyclic) bond motifs is 5. The first-order valence-electron chi connectivity index (χ1n) is 15.3. The second-order valence-corrected chi connectivity index (χ2v) is 12.4. The Morgan fingerprint density at radius 1 is 0.630 bits per heavy atom. The van der Waals surface area contributed by atoms with E-state index in [0.29, 0.717) is 0 Å². The number of pyridine rings is 2. The Morgan fingerprint density at radius 3 is 2.17 bits per heavy atom. The fourth-order valence-electron chi connectivity index (χ4n) is 6.45. The smallest absolute Gasteiger partial charge is 0.145 e. The average molecular weight is 610 g/mol. The van der Waals surface area contributed by atoms with Crippen LogP contribution in [0.15, 0.2) is 157 Å². The van der Waals surface area contributed by atoms with Crippen molar-refractivity contribution in [1.82, 2.24) is 19.9 Å². The van der Waals surface area contributed by atoms with Crippen LogP contribution in [0.2, 0.25) is 0 Å². The zero-order chi connectivity index (χ0) is 30.5. The lowest BCUT2D eigenvalue weighted by atomic mass is 10.0. The van der Waals surface area contributed by atoms with E-state index in [1.165, 1.54) is 42.3 Å². The van der Waals surface area contributed by atoms with E-state index in [-0.39, 0.29) is 6.17 Å². The van der Waals surface area contributed by atoms with E-state index >= 15 is 0 Å². The quantitative estimate of drug-likeness (QED) is 0.211. The van der Waals surface area contributed by atoms with Gasteiger partial charge in [-0.2, -0.15) is 0 Å². The molecule has 0 fully saturated rings. The van der Waals surface area contributed by atoms with E-state index in [2.05, 4.69) is 123 Å². The largest absolute Gasteiger partial charge is 0.360 e. The fraction of sp³-hybridized carbons (Fsp3) is 0.0250. The van der Waals surface area contributed by atoms with Gasteiger partial charge in [-0.05, 0) is 82.7 Å². The molecule has 8 aromatic rings. The summed E-state index contributed by atoms with van der Waals surface area (Å²) in [5, 5.41) is 7.45. The van der Waals surface area contributed by atoms with E-state index in [4.69, 9.17) is 4.99 Å². The molecule has 1 unspecified atom stereocenters. The number of aliphatic imine (C=N–C) groups is 1. The van der Waals surface area contributed by atoms with Gasteiger partial charge in [0.05, 0.1) is 16.7 Å². The van der Waals surface area contributed by atoms with Crippen molar-refractivity contribution < 1.29 is 0 Å². The third kappa shape index (κ3) is 4.50. The molecule has 9 rings (SSSR count). The minimum Gasteiger partial charge on any atom is -0.360 e. The summed E-state index contributed by atoms with van der Waals surface area (Å²) in [6.07, 6.45) is 9.15. The third-order valence-electron chi connectivity index (χ3n) is 8.65. The SMILES string of the molecule is C1=C(c2ccncc2)NC(c2ccncc2)N=C1c1ccc(-n2c3ccccc3c3c4sc(-c5ccccc5)cc4ccc32)cc1. The molecule has 1 aliphatic rings. The monoisotopic (exact) mass is 609 g/mol. The summed E-state index contributed by atoms with van der Waals surface area (Å²) in [4.78, 5) is 14.8. The summed E-state index contributed by atoms with van der Waals surface area (Å²) in [5.74, 6) is 0. The van der Waals surface area contributed by atoms with Gasteiger partial charge in [-0.3, -0.25) is 15.0 Å². The molecule has 0 saturated carbocycles. The number of nitrogens with zero attached hydrogens (tertiary/aromatic N) is 4. The van der Waals surface area contributed by atoms with Crippen molar-refractivity contribution in [1.29, 1.82) is 0 Å². The molecule has 4 aromatic carbocycles. The highest BCUT2D eigenvalue weighted by Crippen LogP contribution is 2.42. The first-order valence-corrected chi connectivity index (χ1v) is 16.1. The highest BCUT2D eigenvalue weighted by Gasteiger charge is 2.21. The summed E-state index contributed by atoms with van der Waals surface area (Å²) in [6.45, 7) is 0. The predicted octanol–water partition coefficient (Wildman–Crippen LogP) is 9.59. The number of rotatable bonds is 5. The van der Waals surface area contributed by atoms with Crippen LogP contribution < -0.4 is 5.32 Å². The van der Waals surface area contributed by atoms with Gasteiger partial charge in [0.1, 0.15) is 6.17 Å². The van der Waals surface area contributed by atoms with E-state index in [1.54, 1.807) is 0 Å². The van der Waals surface area contributed by atoms with E-state index < -0.39 is 0 Å². The van der Waals surface area contributed by atoms with Gasteiger partial charge in [-0.15, -0.1) is 11.3 Å².